The Morgan fingerprint density at radius 1 is 1.08 bits per heavy atom. The average molecular weight is 402 g/mol. The Hall–Kier alpha value is -2.05. The van der Waals surface area contributed by atoms with Crippen LogP contribution in [0.3, 0.4) is 0 Å². The molecule has 0 radical (unpaired) electrons. The number of benzene rings is 2. The number of nitrogens with zero attached hydrogens (tertiary/aromatic N) is 2. The SMILES string of the molecule is Cc1cc(C)c(NC(=O)c2snnc2-c2ccc(Br)cc2)c(C)c1. The zero-order valence-electron chi connectivity index (χ0n) is 13.6. The van der Waals surface area contributed by atoms with Crippen LogP contribution in [0.1, 0.15) is 26.4 Å². The molecule has 0 spiro atoms. The van der Waals surface area contributed by atoms with Crippen LogP contribution in [0, 0.1) is 20.8 Å². The van der Waals surface area contributed by atoms with Crippen LogP contribution in [0.5, 0.6) is 0 Å². The van der Waals surface area contributed by atoms with Crippen molar-refractivity contribution in [3.8, 4) is 11.3 Å². The molecule has 24 heavy (non-hydrogen) atoms. The number of carbonyl (C=O) groups is 1. The quantitative estimate of drug-likeness (QED) is 0.660. The minimum atomic E-state index is -0.182. The Morgan fingerprint density at radius 2 is 1.71 bits per heavy atom. The standard InChI is InChI=1S/C18H16BrN3OS/c1-10-8-11(2)15(12(3)9-10)20-18(23)17-16(21-22-24-17)13-4-6-14(19)7-5-13/h4-9H,1-3H3,(H,20,23). The number of halogens is 1. The molecule has 6 heteroatoms. The van der Waals surface area contributed by atoms with Gasteiger partial charge in [-0.05, 0) is 55.6 Å². The van der Waals surface area contributed by atoms with Gasteiger partial charge in [-0.2, -0.15) is 0 Å². The van der Waals surface area contributed by atoms with Crippen LogP contribution >= 0.6 is 27.5 Å². The average Bonchev–Trinajstić information content (AvgIpc) is 3.01. The molecule has 3 aromatic rings. The van der Waals surface area contributed by atoms with Crippen LogP contribution in [0.2, 0.25) is 0 Å². The van der Waals surface area contributed by atoms with Gasteiger partial charge in [0.15, 0.2) is 0 Å². The van der Waals surface area contributed by atoms with Crippen molar-refractivity contribution in [2.45, 2.75) is 20.8 Å². The van der Waals surface area contributed by atoms with Crippen LogP contribution in [0.15, 0.2) is 40.9 Å². The third-order valence-electron chi connectivity index (χ3n) is 3.73. The van der Waals surface area contributed by atoms with E-state index in [4.69, 9.17) is 0 Å². The van der Waals surface area contributed by atoms with E-state index in [1.165, 1.54) is 5.56 Å². The Morgan fingerprint density at radius 3 is 2.33 bits per heavy atom. The fraction of sp³-hybridized carbons (Fsp3) is 0.167. The number of amides is 1. The van der Waals surface area contributed by atoms with E-state index in [-0.39, 0.29) is 5.91 Å². The molecule has 0 saturated heterocycles. The van der Waals surface area contributed by atoms with Gasteiger partial charge in [0.1, 0.15) is 10.6 Å². The Bertz CT molecular complexity index is 880. The highest BCUT2D eigenvalue weighted by Gasteiger charge is 2.19. The number of hydrogen-bond donors (Lipinski definition) is 1. The van der Waals surface area contributed by atoms with Crippen molar-refractivity contribution >= 4 is 39.1 Å². The summed E-state index contributed by atoms with van der Waals surface area (Å²) in [6.45, 7) is 6.04. The van der Waals surface area contributed by atoms with E-state index in [1.807, 2.05) is 45.0 Å². The summed E-state index contributed by atoms with van der Waals surface area (Å²) >= 11 is 4.52. The van der Waals surface area contributed by atoms with Gasteiger partial charge in [-0.1, -0.05) is 50.2 Å². The molecule has 1 heterocycles. The summed E-state index contributed by atoms with van der Waals surface area (Å²) in [5, 5.41) is 7.14. The van der Waals surface area contributed by atoms with Crippen LogP contribution in [0.4, 0.5) is 5.69 Å². The van der Waals surface area contributed by atoms with Gasteiger partial charge in [0, 0.05) is 15.7 Å². The minimum Gasteiger partial charge on any atom is -0.321 e. The smallest absolute Gasteiger partial charge is 0.269 e. The van der Waals surface area contributed by atoms with Crippen molar-refractivity contribution in [1.82, 2.24) is 9.59 Å². The number of carbonyl (C=O) groups excluding carboxylic acids is 1. The number of aryl methyl sites for hydroxylation is 3. The molecule has 0 fully saturated rings. The third kappa shape index (κ3) is 3.39. The van der Waals surface area contributed by atoms with Gasteiger partial charge in [0.2, 0.25) is 0 Å². The third-order valence-corrected chi connectivity index (χ3v) is 4.98. The summed E-state index contributed by atoms with van der Waals surface area (Å²) in [4.78, 5) is 13.2. The summed E-state index contributed by atoms with van der Waals surface area (Å²) in [6, 6.07) is 11.8. The van der Waals surface area contributed by atoms with E-state index < -0.39 is 0 Å². The zero-order chi connectivity index (χ0) is 17.3. The topological polar surface area (TPSA) is 54.9 Å². The largest absolute Gasteiger partial charge is 0.321 e. The lowest BCUT2D eigenvalue weighted by molar-refractivity contribution is 0.103. The molecular formula is C18H16BrN3OS. The molecule has 2 aromatic carbocycles. The fourth-order valence-corrected chi connectivity index (χ4v) is 3.53. The molecule has 0 aliphatic carbocycles. The van der Waals surface area contributed by atoms with Crippen LogP contribution in [-0.2, 0) is 0 Å². The lowest BCUT2D eigenvalue weighted by atomic mass is 10.0. The molecule has 122 valence electrons. The monoisotopic (exact) mass is 401 g/mol. The molecule has 1 amide bonds. The maximum absolute atomic E-state index is 12.7. The summed E-state index contributed by atoms with van der Waals surface area (Å²) in [6.07, 6.45) is 0. The molecule has 1 N–H and O–H groups in total. The second kappa shape index (κ2) is 6.83. The van der Waals surface area contributed by atoms with Crippen LogP contribution < -0.4 is 5.32 Å². The predicted molar refractivity (Wildman–Crippen MR) is 102 cm³/mol. The normalized spacial score (nSPS) is 10.7. The van der Waals surface area contributed by atoms with Crippen molar-refractivity contribution < 1.29 is 4.79 Å². The first-order chi connectivity index (χ1) is 11.5. The van der Waals surface area contributed by atoms with Gasteiger partial charge < -0.3 is 5.32 Å². The van der Waals surface area contributed by atoms with Crippen molar-refractivity contribution in [3.05, 3.63) is 62.4 Å². The number of nitrogens with one attached hydrogen (secondary N) is 1. The number of anilines is 1. The fourth-order valence-electron chi connectivity index (χ4n) is 2.68. The Balaban J connectivity index is 1.93. The summed E-state index contributed by atoms with van der Waals surface area (Å²) in [5.74, 6) is -0.182. The predicted octanol–water partition coefficient (Wildman–Crippen LogP) is 5.15. The molecule has 4 nitrogen and oxygen atoms in total. The molecule has 0 aliphatic heterocycles. The van der Waals surface area contributed by atoms with Crippen LogP contribution in [-0.4, -0.2) is 15.5 Å². The Kier molecular flexibility index (Phi) is 4.78. The first kappa shape index (κ1) is 16.8. The maximum Gasteiger partial charge on any atom is 0.269 e. The molecule has 0 atom stereocenters. The second-order valence-electron chi connectivity index (χ2n) is 5.69. The van der Waals surface area contributed by atoms with Crippen LogP contribution in [0.25, 0.3) is 11.3 Å². The second-order valence-corrected chi connectivity index (χ2v) is 7.36. The molecule has 3 rings (SSSR count). The Labute approximate surface area is 153 Å². The first-order valence-corrected chi connectivity index (χ1v) is 9.00. The van der Waals surface area contributed by atoms with Gasteiger partial charge in [0.05, 0.1) is 0 Å². The van der Waals surface area contributed by atoms with E-state index in [1.54, 1.807) is 0 Å². The number of rotatable bonds is 3. The van der Waals surface area contributed by atoms with Gasteiger partial charge >= 0.3 is 0 Å². The highest BCUT2D eigenvalue weighted by molar-refractivity contribution is 9.10. The lowest BCUT2D eigenvalue weighted by Crippen LogP contribution is -2.13. The van der Waals surface area contributed by atoms with Gasteiger partial charge in [-0.25, -0.2) is 0 Å². The number of aromatic nitrogens is 2. The van der Waals surface area contributed by atoms with E-state index in [0.29, 0.717) is 10.6 Å². The summed E-state index contributed by atoms with van der Waals surface area (Å²) < 4.78 is 4.94. The van der Waals surface area contributed by atoms with E-state index >= 15 is 0 Å². The van der Waals surface area contributed by atoms with E-state index in [0.717, 1.165) is 38.4 Å². The van der Waals surface area contributed by atoms with Crippen molar-refractivity contribution in [2.24, 2.45) is 0 Å². The molecule has 1 aromatic heterocycles. The summed E-state index contributed by atoms with van der Waals surface area (Å²) in [7, 11) is 0. The van der Waals surface area contributed by atoms with Gasteiger partial charge in [-0.3, -0.25) is 4.79 Å². The molecule has 0 unspecified atom stereocenters. The van der Waals surface area contributed by atoms with Crippen molar-refractivity contribution in [1.29, 1.82) is 0 Å². The summed E-state index contributed by atoms with van der Waals surface area (Å²) in [5.41, 5.74) is 5.59. The highest BCUT2D eigenvalue weighted by Crippen LogP contribution is 2.28. The number of hydrogen-bond acceptors (Lipinski definition) is 4. The first-order valence-electron chi connectivity index (χ1n) is 7.43. The lowest BCUT2D eigenvalue weighted by Gasteiger charge is -2.12. The molecule has 0 bridgehead atoms. The minimum absolute atomic E-state index is 0.182. The van der Waals surface area contributed by atoms with E-state index in [9.17, 15) is 4.79 Å². The van der Waals surface area contributed by atoms with Gasteiger partial charge in [-0.15, -0.1) is 5.10 Å². The van der Waals surface area contributed by atoms with Crippen molar-refractivity contribution in [3.63, 3.8) is 0 Å². The maximum atomic E-state index is 12.7. The molecule has 0 saturated carbocycles. The zero-order valence-corrected chi connectivity index (χ0v) is 16.0. The molecular weight excluding hydrogens is 386 g/mol. The van der Waals surface area contributed by atoms with Gasteiger partial charge in [0.25, 0.3) is 5.91 Å². The van der Waals surface area contributed by atoms with Crippen molar-refractivity contribution in [2.75, 3.05) is 5.32 Å². The highest BCUT2D eigenvalue weighted by atomic mass is 79.9. The molecule has 0 aliphatic rings. The van der Waals surface area contributed by atoms with E-state index in [2.05, 4.69) is 43.0 Å².